The average Bonchev–Trinajstić information content (AvgIpc) is 2.40. The van der Waals surface area contributed by atoms with E-state index in [4.69, 9.17) is 5.11 Å². The lowest BCUT2D eigenvalue weighted by atomic mass is 10.2. The second kappa shape index (κ2) is 5.63. The third kappa shape index (κ3) is 2.95. The SMILES string of the molecule is O=C(O)c1ccccc1NN=Cc1ccccc1. The van der Waals surface area contributed by atoms with Crippen LogP contribution in [0, 0.1) is 0 Å². The van der Waals surface area contributed by atoms with Crippen molar-refractivity contribution in [3.63, 3.8) is 0 Å². The first-order valence-corrected chi connectivity index (χ1v) is 5.44. The molecule has 90 valence electrons. The second-order valence-corrected chi connectivity index (χ2v) is 3.63. The standard InChI is InChI=1S/C14H12N2O2/c17-14(18)12-8-4-5-9-13(12)16-15-10-11-6-2-1-3-7-11/h1-10,16H,(H,17,18). The van der Waals surface area contributed by atoms with Crippen molar-refractivity contribution in [3.05, 3.63) is 65.7 Å². The fraction of sp³-hybridized carbons (Fsp3) is 0. The van der Waals surface area contributed by atoms with Gasteiger partial charge >= 0.3 is 5.97 Å². The Morgan fingerprint density at radius 1 is 1.06 bits per heavy atom. The van der Waals surface area contributed by atoms with Crippen molar-refractivity contribution in [2.75, 3.05) is 5.43 Å². The molecule has 0 aliphatic rings. The number of benzene rings is 2. The molecule has 0 spiro atoms. The van der Waals surface area contributed by atoms with Crippen LogP contribution in [0.2, 0.25) is 0 Å². The Labute approximate surface area is 105 Å². The van der Waals surface area contributed by atoms with Crippen molar-refractivity contribution in [3.8, 4) is 0 Å². The van der Waals surface area contributed by atoms with Crippen LogP contribution >= 0.6 is 0 Å². The normalized spacial score (nSPS) is 10.4. The van der Waals surface area contributed by atoms with Crippen LogP contribution in [0.5, 0.6) is 0 Å². The van der Waals surface area contributed by atoms with E-state index in [2.05, 4.69) is 10.5 Å². The lowest BCUT2D eigenvalue weighted by molar-refractivity contribution is 0.0698. The maximum Gasteiger partial charge on any atom is 0.337 e. The second-order valence-electron chi connectivity index (χ2n) is 3.63. The monoisotopic (exact) mass is 240 g/mol. The minimum Gasteiger partial charge on any atom is -0.478 e. The van der Waals surface area contributed by atoms with Gasteiger partial charge in [-0.1, -0.05) is 42.5 Å². The van der Waals surface area contributed by atoms with E-state index in [1.54, 1.807) is 24.4 Å². The van der Waals surface area contributed by atoms with Gasteiger partial charge in [0, 0.05) is 0 Å². The number of carbonyl (C=O) groups is 1. The summed E-state index contributed by atoms with van der Waals surface area (Å²) >= 11 is 0. The lowest BCUT2D eigenvalue weighted by Gasteiger charge is -2.03. The zero-order chi connectivity index (χ0) is 12.8. The number of nitrogens with zero attached hydrogens (tertiary/aromatic N) is 1. The summed E-state index contributed by atoms with van der Waals surface area (Å²) in [6, 6.07) is 16.2. The predicted molar refractivity (Wildman–Crippen MR) is 71.1 cm³/mol. The lowest BCUT2D eigenvalue weighted by Crippen LogP contribution is -2.02. The molecule has 0 radical (unpaired) electrons. The molecule has 0 unspecified atom stereocenters. The summed E-state index contributed by atoms with van der Waals surface area (Å²) in [5.74, 6) is -0.979. The number of hydrazone groups is 1. The van der Waals surface area contributed by atoms with Gasteiger partial charge in [-0.2, -0.15) is 5.10 Å². The number of aromatic carboxylic acids is 1. The van der Waals surface area contributed by atoms with Crippen LogP contribution in [0.3, 0.4) is 0 Å². The molecule has 2 N–H and O–H groups in total. The highest BCUT2D eigenvalue weighted by atomic mass is 16.4. The Morgan fingerprint density at radius 2 is 1.72 bits per heavy atom. The van der Waals surface area contributed by atoms with E-state index in [1.807, 2.05) is 30.3 Å². The number of rotatable bonds is 4. The van der Waals surface area contributed by atoms with E-state index in [9.17, 15) is 4.79 Å². The van der Waals surface area contributed by atoms with E-state index in [1.165, 1.54) is 6.07 Å². The van der Waals surface area contributed by atoms with Gasteiger partial charge in [0.05, 0.1) is 17.5 Å². The predicted octanol–water partition coefficient (Wildman–Crippen LogP) is 2.83. The maximum absolute atomic E-state index is 11.0. The van der Waals surface area contributed by atoms with Crippen LogP contribution in [-0.2, 0) is 0 Å². The maximum atomic E-state index is 11.0. The van der Waals surface area contributed by atoms with Gasteiger partial charge in [-0.05, 0) is 17.7 Å². The van der Waals surface area contributed by atoms with E-state index in [-0.39, 0.29) is 5.56 Å². The number of carboxylic acids is 1. The highest BCUT2D eigenvalue weighted by Crippen LogP contribution is 2.14. The van der Waals surface area contributed by atoms with Crippen molar-refractivity contribution in [2.24, 2.45) is 5.10 Å². The molecule has 0 aliphatic heterocycles. The molecule has 2 aromatic carbocycles. The Balaban J connectivity index is 2.11. The Kier molecular flexibility index (Phi) is 3.71. The molecule has 4 heteroatoms. The van der Waals surface area contributed by atoms with Crippen molar-refractivity contribution >= 4 is 17.9 Å². The molecule has 4 nitrogen and oxygen atoms in total. The van der Waals surface area contributed by atoms with E-state index >= 15 is 0 Å². The first-order chi connectivity index (χ1) is 8.77. The molecule has 0 saturated heterocycles. The van der Waals surface area contributed by atoms with Crippen LogP contribution < -0.4 is 5.43 Å². The number of nitrogens with one attached hydrogen (secondary N) is 1. The topological polar surface area (TPSA) is 61.7 Å². The number of anilines is 1. The largest absolute Gasteiger partial charge is 0.478 e. The first-order valence-electron chi connectivity index (χ1n) is 5.44. The van der Waals surface area contributed by atoms with Crippen LogP contribution in [0.4, 0.5) is 5.69 Å². The molecule has 0 heterocycles. The third-order valence-electron chi connectivity index (χ3n) is 2.36. The Morgan fingerprint density at radius 3 is 2.44 bits per heavy atom. The van der Waals surface area contributed by atoms with Crippen molar-refractivity contribution in [1.29, 1.82) is 0 Å². The molecular formula is C14H12N2O2. The average molecular weight is 240 g/mol. The molecule has 0 fully saturated rings. The minimum absolute atomic E-state index is 0.197. The van der Waals surface area contributed by atoms with Crippen molar-refractivity contribution in [1.82, 2.24) is 0 Å². The molecule has 2 aromatic rings. The summed E-state index contributed by atoms with van der Waals surface area (Å²) in [7, 11) is 0. The van der Waals surface area contributed by atoms with Gasteiger partial charge in [0.1, 0.15) is 0 Å². The van der Waals surface area contributed by atoms with Crippen LogP contribution in [0.15, 0.2) is 59.7 Å². The number of para-hydroxylation sites is 1. The molecule has 0 amide bonds. The molecule has 0 bridgehead atoms. The summed E-state index contributed by atoms with van der Waals surface area (Å²) in [5.41, 5.74) is 4.34. The van der Waals surface area contributed by atoms with Gasteiger partial charge in [-0.15, -0.1) is 0 Å². The highest BCUT2D eigenvalue weighted by molar-refractivity contribution is 5.94. The molecule has 18 heavy (non-hydrogen) atoms. The first kappa shape index (κ1) is 11.9. The fourth-order valence-corrected chi connectivity index (χ4v) is 1.48. The Bertz CT molecular complexity index is 565. The Hall–Kier alpha value is -2.62. The van der Waals surface area contributed by atoms with Gasteiger partial charge in [0.15, 0.2) is 0 Å². The molecule has 2 rings (SSSR count). The molecule has 0 aromatic heterocycles. The molecule has 0 atom stereocenters. The minimum atomic E-state index is -0.979. The zero-order valence-electron chi connectivity index (χ0n) is 9.58. The third-order valence-corrected chi connectivity index (χ3v) is 2.36. The molecule has 0 aliphatic carbocycles. The van der Waals surface area contributed by atoms with Crippen LogP contribution in [-0.4, -0.2) is 17.3 Å². The van der Waals surface area contributed by atoms with Crippen molar-refractivity contribution < 1.29 is 9.90 Å². The van der Waals surface area contributed by atoms with Crippen LogP contribution in [0.1, 0.15) is 15.9 Å². The van der Waals surface area contributed by atoms with Crippen molar-refractivity contribution in [2.45, 2.75) is 0 Å². The van der Waals surface area contributed by atoms with Gasteiger partial charge in [0.2, 0.25) is 0 Å². The quantitative estimate of drug-likeness (QED) is 0.638. The molecular weight excluding hydrogens is 228 g/mol. The smallest absolute Gasteiger partial charge is 0.337 e. The summed E-state index contributed by atoms with van der Waals surface area (Å²) in [6.45, 7) is 0. The van der Waals surface area contributed by atoms with Gasteiger partial charge in [-0.3, -0.25) is 5.43 Å². The zero-order valence-corrected chi connectivity index (χ0v) is 9.58. The number of carboxylic acid groups (broad SMARTS) is 1. The number of hydrogen-bond donors (Lipinski definition) is 2. The van der Waals surface area contributed by atoms with Crippen LogP contribution in [0.25, 0.3) is 0 Å². The van der Waals surface area contributed by atoms with E-state index < -0.39 is 5.97 Å². The highest BCUT2D eigenvalue weighted by Gasteiger charge is 2.07. The van der Waals surface area contributed by atoms with E-state index in [0.29, 0.717) is 5.69 Å². The summed E-state index contributed by atoms with van der Waals surface area (Å²) in [4.78, 5) is 11.0. The van der Waals surface area contributed by atoms with Gasteiger partial charge in [-0.25, -0.2) is 4.79 Å². The molecule has 0 saturated carbocycles. The van der Waals surface area contributed by atoms with Gasteiger partial charge in [0.25, 0.3) is 0 Å². The van der Waals surface area contributed by atoms with Gasteiger partial charge < -0.3 is 5.11 Å². The summed E-state index contributed by atoms with van der Waals surface area (Å²) in [5, 5.41) is 13.0. The summed E-state index contributed by atoms with van der Waals surface area (Å²) in [6.07, 6.45) is 1.64. The summed E-state index contributed by atoms with van der Waals surface area (Å²) < 4.78 is 0. The fourth-order valence-electron chi connectivity index (χ4n) is 1.48. The van der Waals surface area contributed by atoms with E-state index in [0.717, 1.165) is 5.56 Å². The number of hydrogen-bond acceptors (Lipinski definition) is 3.